The van der Waals surface area contributed by atoms with E-state index in [1.165, 1.54) is 4.68 Å². The SMILES string of the molecule is CC(C)Cn1ncc(NCc2ccc(Br)cc2)c(Br)c1=O. The molecule has 0 aliphatic heterocycles. The van der Waals surface area contributed by atoms with Crippen LogP contribution in [0, 0.1) is 5.92 Å². The summed E-state index contributed by atoms with van der Waals surface area (Å²) in [5, 5.41) is 7.44. The smallest absolute Gasteiger partial charge is 0.283 e. The van der Waals surface area contributed by atoms with Gasteiger partial charge < -0.3 is 5.32 Å². The summed E-state index contributed by atoms with van der Waals surface area (Å²) in [4.78, 5) is 12.2. The molecule has 6 heteroatoms. The van der Waals surface area contributed by atoms with Gasteiger partial charge in [-0.1, -0.05) is 41.9 Å². The highest BCUT2D eigenvalue weighted by atomic mass is 79.9. The van der Waals surface area contributed by atoms with Gasteiger partial charge in [0, 0.05) is 17.6 Å². The molecule has 1 aromatic heterocycles. The zero-order valence-corrected chi connectivity index (χ0v) is 15.1. The van der Waals surface area contributed by atoms with Gasteiger partial charge in [0.25, 0.3) is 5.56 Å². The maximum absolute atomic E-state index is 12.2. The van der Waals surface area contributed by atoms with Crippen LogP contribution in [0.4, 0.5) is 5.69 Å². The van der Waals surface area contributed by atoms with Crippen molar-refractivity contribution in [3.63, 3.8) is 0 Å². The van der Waals surface area contributed by atoms with Crippen LogP contribution in [0.5, 0.6) is 0 Å². The maximum Gasteiger partial charge on any atom is 0.283 e. The van der Waals surface area contributed by atoms with E-state index in [4.69, 9.17) is 0 Å². The molecule has 0 saturated carbocycles. The molecular weight excluding hydrogens is 398 g/mol. The van der Waals surface area contributed by atoms with Crippen molar-refractivity contribution < 1.29 is 0 Å². The Morgan fingerprint density at radius 2 is 1.90 bits per heavy atom. The minimum atomic E-state index is -0.107. The van der Waals surface area contributed by atoms with Gasteiger partial charge >= 0.3 is 0 Å². The fourth-order valence-electron chi connectivity index (χ4n) is 1.86. The van der Waals surface area contributed by atoms with Crippen molar-refractivity contribution in [3.05, 3.63) is 55.3 Å². The van der Waals surface area contributed by atoms with E-state index in [0.29, 0.717) is 29.2 Å². The van der Waals surface area contributed by atoms with E-state index in [9.17, 15) is 4.79 Å². The average Bonchev–Trinajstić information content (AvgIpc) is 2.44. The van der Waals surface area contributed by atoms with E-state index in [2.05, 4.69) is 56.1 Å². The molecule has 0 amide bonds. The Kier molecular flexibility index (Phi) is 5.58. The van der Waals surface area contributed by atoms with Gasteiger partial charge in [-0.05, 0) is 39.5 Å². The zero-order chi connectivity index (χ0) is 15.4. The van der Waals surface area contributed by atoms with Crippen LogP contribution < -0.4 is 10.9 Å². The summed E-state index contributed by atoms with van der Waals surface area (Å²) in [6.45, 7) is 5.37. The molecule has 112 valence electrons. The Morgan fingerprint density at radius 3 is 2.52 bits per heavy atom. The van der Waals surface area contributed by atoms with Gasteiger partial charge in [0.15, 0.2) is 0 Å². The monoisotopic (exact) mass is 413 g/mol. The molecule has 2 rings (SSSR count). The van der Waals surface area contributed by atoms with Gasteiger partial charge in [0.2, 0.25) is 0 Å². The Balaban J connectivity index is 2.12. The van der Waals surface area contributed by atoms with Gasteiger partial charge in [-0.25, -0.2) is 4.68 Å². The lowest BCUT2D eigenvalue weighted by Crippen LogP contribution is -2.26. The number of aromatic nitrogens is 2. The topological polar surface area (TPSA) is 46.9 Å². The summed E-state index contributed by atoms with van der Waals surface area (Å²) in [5.74, 6) is 0.378. The first-order valence-corrected chi connectivity index (χ1v) is 8.30. The molecule has 0 spiro atoms. The Hall–Kier alpha value is -1.14. The van der Waals surface area contributed by atoms with Gasteiger partial charge in [-0.3, -0.25) is 4.79 Å². The first-order chi connectivity index (χ1) is 9.97. The average molecular weight is 415 g/mol. The summed E-state index contributed by atoms with van der Waals surface area (Å²) in [5.41, 5.74) is 1.74. The minimum absolute atomic E-state index is 0.107. The van der Waals surface area contributed by atoms with Crippen molar-refractivity contribution in [1.29, 1.82) is 0 Å². The van der Waals surface area contributed by atoms with E-state index >= 15 is 0 Å². The second-order valence-corrected chi connectivity index (χ2v) is 6.94. The number of halogens is 2. The summed E-state index contributed by atoms with van der Waals surface area (Å²) >= 11 is 6.77. The fraction of sp³-hybridized carbons (Fsp3) is 0.333. The molecule has 2 aromatic rings. The van der Waals surface area contributed by atoms with Crippen LogP contribution in [0.25, 0.3) is 0 Å². The van der Waals surface area contributed by atoms with Crippen molar-refractivity contribution in [3.8, 4) is 0 Å². The molecule has 1 aromatic carbocycles. The van der Waals surface area contributed by atoms with E-state index in [0.717, 1.165) is 10.0 Å². The molecule has 0 aliphatic rings. The first kappa shape index (κ1) is 16.2. The molecule has 0 unspecified atom stereocenters. The quantitative estimate of drug-likeness (QED) is 0.803. The van der Waals surface area contributed by atoms with Crippen LogP contribution in [0.3, 0.4) is 0 Å². The standard InChI is InChI=1S/C15H17Br2N3O/c1-10(2)9-20-15(21)14(17)13(8-19-20)18-7-11-3-5-12(16)6-4-11/h3-6,8,10,18H,7,9H2,1-2H3. The molecule has 1 heterocycles. The number of hydrogen-bond donors (Lipinski definition) is 1. The third-order valence-electron chi connectivity index (χ3n) is 2.92. The van der Waals surface area contributed by atoms with Crippen molar-refractivity contribution in [1.82, 2.24) is 9.78 Å². The minimum Gasteiger partial charge on any atom is -0.379 e. The lowest BCUT2D eigenvalue weighted by molar-refractivity contribution is 0.462. The lowest BCUT2D eigenvalue weighted by Gasteiger charge is -2.12. The zero-order valence-electron chi connectivity index (χ0n) is 11.9. The second-order valence-electron chi connectivity index (χ2n) is 5.23. The number of benzene rings is 1. The van der Waals surface area contributed by atoms with E-state index in [1.807, 2.05) is 24.3 Å². The Morgan fingerprint density at radius 1 is 1.24 bits per heavy atom. The number of nitrogens with zero attached hydrogens (tertiary/aromatic N) is 2. The number of hydrogen-bond acceptors (Lipinski definition) is 3. The van der Waals surface area contributed by atoms with Gasteiger partial charge in [0.05, 0.1) is 11.9 Å². The van der Waals surface area contributed by atoms with Crippen molar-refractivity contribution in [2.75, 3.05) is 5.32 Å². The number of rotatable bonds is 5. The Bertz CT molecular complexity index is 666. The van der Waals surface area contributed by atoms with Crippen LogP contribution in [0.15, 0.2) is 44.2 Å². The molecule has 1 N–H and O–H groups in total. The highest BCUT2D eigenvalue weighted by molar-refractivity contribution is 9.10. The summed E-state index contributed by atoms with van der Waals surface area (Å²) in [6, 6.07) is 8.03. The van der Waals surface area contributed by atoms with Crippen LogP contribution in [-0.2, 0) is 13.1 Å². The lowest BCUT2D eigenvalue weighted by atomic mass is 10.2. The highest BCUT2D eigenvalue weighted by Gasteiger charge is 2.09. The number of anilines is 1. The third kappa shape index (κ3) is 4.41. The summed E-state index contributed by atoms with van der Waals surface area (Å²) < 4.78 is 3.06. The normalized spacial score (nSPS) is 10.9. The van der Waals surface area contributed by atoms with Crippen LogP contribution >= 0.6 is 31.9 Å². The molecule has 4 nitrogen and oxygen atoms in total. The van der Waals surface area contributed by atoms with E-state index in [1.54, 1.807) is 6.20 Å². The summed E-state index contributed by atoms with van der Waals surface area (Å²) in [7, 11) is 0. The van der Waals surface area contributed by atoms with E-state index < -0.39 is 0 Å². The second kappa shape index (κ2) is 7.22. The molecule has 0 radical (unpaired) electrons. The van der Waals surface area contributed by atoms with Crippen LogP contribution in [-0.4, -0.2) is 9.78 Å². The summed E-state index contributed by atoms with van der Waals surface area (Å²) in [6.07, 6.45) is 1.69. The maximum atomic E-state index is 12.2. The van der Waals surface area contributed by atoms with Crippen molar-refractivity contribution >= 4 is 37.5 Å². The van der Waals surface area contributed by atoms with Gasteiger partial charge in [-0.2, -0.15) is 5.10 Å². The van der Waals surface area contributed by atoms with Gasteiger partial charge in [-0.15, -0.1) is 0 Å². The third-order valence-corrected chi connectivity index (χ3v) is 4.21. The predicted molar refractivity (Wildman–Crippen MR) is 92.5 cm³/mol. The van der Waals surface area contributed by atoms with E-state index in [-0.39, 0.29) is 5.56 Å². The first-order valence-electron chi connectivity index (χ1n) is 6.71. The Labute approximate surface area is 140 Å². The molecular formula is C15H17Br2N3O. The molecule has 21 heavy (non-hydrogen) atoms. The largest absolute Gasteiger partial charge is 0.379 e. The predicted octanol–water partition coefficient (Wildman–Crippen LogP) is 4.04. The number of nitrogens with one attached hydrogen (secondary N) is 1. The molecule has 0 fully saturated rings. The fourth-order valence-corrected chi connectivity index (χ4v) is 2.58. The molecule has 0 bridgehead atoms. The van der Waals surface area contributed by atoms with Crippen LogP contribution in [0.1, 0.15) is 19.4 Å². The van der Waals surface area contributed by atoms with Crippen LogP contribution in [0.2, 0.25) is 0 Å². The van der Waals surface area contributed by atoms with Crippen molar-refractivity contribution in [2.45, 2.75) is 26.9 Å². The van der Waals surface area contributed by atoms with Gasteiger partial charge in [0.1, 0.15) is 4.47 Å². The highest BCUT2D eigenvalue weighted by Crippen LogP contribution is 2.18. The van der Waals surface area contributed by atoms with Crippen molar-refractivity contribution in [2.24, 2.45) is 5.92 Å². The molecule has 0 saturated heterocycles. The molecule has 0 aliphatic carbocycles. The molecule has 0 atom stereocenters.